The SMILES string of the molecule is CCNC(=NCC(C)(O)c1cnn(C)c1)NCCCOCC1CCOC1.I. The van der Waals surface area contributed by atoms with E-state index in [2.05, 4.69) is 20.7 Å². The van der Waals surface area contributed by atoms with Crippen LogP contribution < -0.4 is 10.6 Å². The number of nitrogens with one attached hydrogen (secondary N) is 2. The largest absolute Gasteiger partial charge is 0.383 e. The Labute approximate surface area is 179 Å². The Morgan fingerprint density at radius 3 is 2.96 bits per heavy atom. The van der Waals surface area contributed by atoms with Gasteiger partial charge in [-0.2, -0.15) is 5.10 Å². The molecule has 156 valence electrons. The van der Waals surface area contributed by atoms with E-state index in [9.17, 15) is 5.11 Å². The lowest BCUT2D eigenvalue weighted by molar-refractivity contribution is 0.0671. The molecule has 2 heterocycles. The Morgan fingerprint density at radius 2 is 2.33 bits per heavy atom. The van der Waals surface area contributed by atoms with Crippen LogP contribution in [0.1, 0.15) is 32.3 Å². The monoisotopic (exact) mass is 495 g/mol. The van der Waals surface area contributed by atoms with Crippen LogP contribution >= 0.6 is 24.0 Å². The summed E-state index contributed by atoms with van der Waals surface area (Å²) in [4.78, 5) is 4.50. The molecule has 0 spiro atoms. The van der Waals surface area contributed by atoms with E-state index in [0.29, 0.717) is 11.9 Å². The van der Waals surface area contributed by atoms with E-state index in [4.69, 9.17) is 9.47 Å². The number of rotatable bonds is 10. The van der Waals surface area contributed by atoms with Gasteiger partial charge in [-0.1, -0.05) is 0 Å². The third-order valence-corrected chi connectivity index (χ3v) is 4.35. The number of aliphatic hydroxyl groups is 1. The fourth-order valence-electron chi connectivity index (χ4n) is 2.71. The van der Waals surface area contributed by atoms with Crippen LogP contribution in [0.2, 0.25) is 0 Å². The van der Waals surface area contributed by atoms with E-state index in [-0.39, 0.29) is 30.5 Å². The lowest BCUT2D eigenvalue weighted by atomic mass is 10.0. The van der Waals surface area contributed by atoms with Crippen molar-refractivity contribution in [2.75, 3.05) is 46.1 Å². The Balaban J connectivity index is 0.00000364. The summed E-state index contributed by atoms with van der Waals surface area (Å²) in [6, 6.07) is 0. The van der Waals surface area contributed by atoms with Crippen molar-refractivity contribution in [1.29, 1.82) is 0 Å². The molecular weight excluding hydrogens is 461 g/mol. The maximum absolute atomic E-state index is 10.6. The molecule has 0 saturated carbocycles. The fourth-order valence-corrected chi connectivity index (χ4v) is 2.71. The van der Waals surface area contributed by atoms with Gasteiger partial charge in [-0.3, -0.25) is 4.68 Å². The fraction of sp³-hybridized carbons (Fsp3) is 0.778. The Morgan fingerprint density at radius 1 is 1.52 bits per heavy atom. The zero-order valence-electron chi connectivity index (χ0n) is 16.6. The van der Waals surface area contributed by atoms with Gasteiger partial charge in [-0.25, -0.2) is 4.99 Å². The van der Waals surface area contributed by atoms with Gasteiger partial charge in [0.1, 0.15) is 5.60 Å². The van der Waals surface area contributed by atoms with Gasteiger partial charge < -0.3 is 25.2 Å². The summed E-state index contributed by atoms with van der Waals surface area (Å²) in [5, 5.41) is 21.2. The summed E-state index contributed by atoms with van der Waals surface area (Å²) >= 11 is 0. The maximum Gasteiger partial charge on any atom is 0.191 e. The summed E-state index contributed by atoms with van der Waals surface area (Å²) in [6.07, 6.45) is 5.48. The molecule has 27 heavy (non-hydrogen) atoms. The number of nitrogens with zero attached hydrogens (tertiary/aromatic N) is 3. The van der Waals surface area contributed by atoms with Gasteiger partial charge in [0.2, 0.25) is 0 Å². The van der Waals surface area contributed by atoms with E-state index in [1.165, 1.54) is 0 Å². The van der Waals surface area contributed by atoms with Crippen LogP contribution in [0.3, 0.4) is 0 Å². The van der Waals surface area contributed by atoms with Gasteiger partial charge in [0, 0.05) is 51.0 Å². The quantitative estimate of drug-likeness (QED) is 0.196. The second-order valence-electron chi connectivity index (χ2n) is 6.96. The number of ether oxygens (including phenoxy) is 2. The summed E-state index contributed by atoms with van der Waals surface area (Å²) in [5.41, 5.74) is -0.299. The topological polar surface area (TPSA) is 92.9 Å². The van der Waals surface area contributed by atoms with Crippen molar-refractivity contribution in [1.82, 2.24) is 20.4 Å². The zero-order valence-corrected chi connectivity index (χ0v) is 18.9. The Bertz CT molecular complexity index is 559. The highest BCUT2D eigenvalue weighted by Crippen LogP contribution is 2.19. The average molecular weight is 495 g/mol. The predicted molar refractivity (Wildman–Crippen MR) is 117 cm³/mol. The van der Waals surface area contributed by atoms with Crippen molar-refractivity contribution < 1.29 is 14.6 Å². The third kappa shape index (κ3) is 8.75. The summed E-state index contributed by atoms with van der Waals surface area (Å²) in [7, 11) is 1.83. The summed E-state index contributed by atoms with van der Waals surface area (Å²) < 4.78 is 12.7. The molecule has 2 unspecified atom stereocenters. The number of aliphatic imine (C=N–C) groups is 1. The summed E-state index contributed by atoms with van der Waals surface area (Å²) in [5.74, 6) is 1.25. The van der Waals surface area contributed by atoms with Crippen LogP contribution in [0, 0.1) is 5.92 Å². The number of hydrogen-bond donors (Lipinski definition) is 3. The number of guanidine groups is 1. The van der Waals surface area contributed by atoms with Crippen LogP contribution in [0.4, 0.5) is 0 Å². The molecule has 0 aliphatic carbocycles. The minimum atomic E-state index is -1.05. The maximum atomic E-state index is 10.6. The second kappa shape index (κ2) is 12.5. The first-order valence-corrected chi connectivity index (χ1v) is 9.40. The standard InChI is InChI=1S/C18H33N5O3.HI/c1-4-19-17(20-7-5-8-25-12-15-6-9-26-13-15)21-14-18(2,24)16-10-22-23(3)11-16;/h10-11,15,24H,4-9,12-14H2,1-3H3,(H2,19,20,21);1H. The molecule has 0 aromatic carbocycles. The number of hydrogen-bond acceptors (Lipinski definition) is 5. The highest BCUT2D eigenvalue weighted by molar-refractivity contribution is 14.0. The first-order chi connectivity index (χ1) is 12.5. The first-order valence-electron chi connectivity index (χ1n) is 9.40. The van der Waals surface area contributed by atoms with Crippen molar-refractivity contribution in [2.45, 2.75) is 32.3 Å². The molecule has 8 nitrogen and oxygen atoms in total. The van der Waals surface area contributed by atoms with Crippen LogP contribution in [-0.2, 0) is 22.1 Å². The van der Waals surface area contributed by atoms with E-state index >= 15 is 0 Å². The molecule has 1 fully saturated rings. The average Bonchev–Trinajstić information content (AvgIpc) is 3.27. The van der Waals surface area contributed by atoms with Crippen LogP contribution in [0.15, 0.2) is 17.4 Å². The van der Waals surface area contributed by atoms with Gasteiger partial charge in [0.05, 0.1) is 26.0 Å². The number of aromatic nitrogens is 2. The van der Waals surface area contributed by atoms with Crippen molar-refractivity contribution in [3.8, 4) is 0 Å². The highest BCUT2D eigenvalue weighted by atomic mass is 127. The first kappa shape index (κ1) is 24.1. The molecule has 0 amide bonds. The predicted octanol–water partition coefficient (Wildman–Crippen LogP) is 1.24. The Hall–Kier alpha value is -0.910. The van der Waals surface area contributed by atoms with Crippen LogP contribution in [-0.4, -0.2) is 66.9 Å². The van der Waals surface area contributed by atoms with E-state index in [0.717, 1.165) is 57.9 Å². The minimum absolute atomic E-state index is 0. The minimum Gasteiger partial charge on any atom is -0.383 e. The van der Waals surface area contributed by atoms with Gasteiger partial charge in [0.25, 0.3) is 0 Å². The molecule has 1 aliphatic heterocycles. The lowest BCUT2D eigenvalue weighted by Crippen LogP contribution is -2.39. The molecule has 1 aromatic rings. The van der Waals surface area contributed by atoms with Gasteiger partial charge in [0.15, 0.2) is 5.96 Å². The van der Waals surface area contributed by atoms with E-state index < -0.39 is 5.60 Å². The van der Waals surface area contributed by atoms with E-state index in [1.807, 2.05) is 20.2 Å². The second-order valence-corrected chi connectivity index (χ2v) is 6.96. The number of halogens is 1. The highest BCUT2D eigenvalue weighted by Gasteiger charge is 2.24. The normalized spacial score (nSPS) is 19.4. The van der Waals surface area contributed by atoms with Crippen molar-refractivity contribution in [3.05, 3.63) is 18.0 Å². The molecule has 0 bridgehead atoms. The van der Waals surface area contributed by atoms with Crippen molar-refractivity contribution in [2.24, 2.45) is 18.0 Å². The molecule has 9 heteroatoms. The molecule has 1 aromatic heterocycles. The molecule has 2 atom stereocenters. The zero-order chi connectivity index (χ0) is 18.8. The molecule has 3 N–H and O–H groups in total. The molecule has 1 saturated heterocycles. The molecule has 2 rings (SSSR count). The summed E-state index contributed by atoms with van der Waals surface area (Å²) in [6.45, 7) is 8.74. The number of aryl methyl sites for hydroxylation is 1. The van der Waals surface area contributed by atoms with Crippen molar-refractivity contribution >= 4 is 29.9 Å². The smallest absolute Gasteiger partial charge is 0.191 e. The Kier molecular flexibility index (Phi) is 11.2. The van der Waals surface area contributed by atoms with E-state index in [1.54, 1.807) is 17.8 Å². The van der Waals surface area contributed by atoms with Gasteiger partial charge >= 0.3 is 0 Å². The molecular formula is C18H34IN5O3. The molecule has 0 radical (unpaired) electrons. The van der Waals surface area contributed by atoms with Gasteiger partial charge in [-0.15, -0.1) is 24.0 Å². The third-order valence-electron chi connectivity index (χ3n) is 4.35. The van der Waals surface area contributed by atoms with Crippen LogP contribution in [0.25, 0.3) is 0 Å². The van der Waals surface area contributed by atoms with Gasteiger partial charge in [-0.05, 0) is 26.7 Å². The lowest BCUT2D eigenvalue weighted by Gasteiger charge is -2.20. The van der Waals surface area contributed by atoms with Crippen LogP contribution in [0.5, 0.6) is 0 Å². The molecule has 1 aliphatic rings. The van der Waals surface area contributed by atoms with Crippen molar-refractivity contribution in [3.63, 3.8) is 0 Å².